The van der Waals surface area contributed by atoms with Crippen molar-refractivity contribution < 1.29 is 14.4 Å². The van der Waals surface area contributed by atoms with Gasteiger partial charge in [0.05, 0.1) is 5.52 Å². The van der Waals surface area contributed by atoms with E-state index in [1.807, 2.05) is 24.3 Å². The third kappa shape index (κ3) is 4.36. The molecule has 1 aliphatic heterocycles. The van der Waals surface area contributed by atoms with E-state index in [1.54, 1.807) is 9.80 Å². The zero-order valence-corrected chi connectivity index (χ0v) is 20.1. The molecule has 7 rings (SSSR count). The zero-order valence-electron chi connectivity index (χ0n) is 20.1. The normalized spacial score (nSPS) is 29.4. The molecule has 4 aliphatic carbocycles. The second-order valence-corrected chi connectivity index (χ2v) is 11.1. The van der Waals surface area contributed by atoms with Crippen LogP contribution >= 0.6 is 0 Å². The molecular formula is C26H34N6O3. The Bertz CT molecular complexity index is 1100. The lowest BCUT2D eigenvalue weighted by molar-refractivity contribution is -0.132. The number of fused-ring (bicyclic) bond motifs is 1. The Labute approximate surface area is 205 Å². The number of aromatic amines is 1. The van der Waals surface area contributed by atoms with Gasteiger partial charge in [0.15, 0.2) is 5.69 Å². The van der Waals surface area contributed by atoms with E-state index in [0.29, 0.717) is 38.4 Å². The minimum atomic E-state index is -0.138. The number of carbonyl (C=O) groups is 3. The second kappa shape index (κ2) is 8.84. The number of carbonyl (C=O) groups excluding carboxylic acids is 3. The van der Waals surface area contributed by atoms with Crippen LogP contribution in [0.4, 0.5) is 4.79 Å². The summed E-state index contributed by atoms with van der Waals surface area (Å²) in [5, 5.41) is 14.1. The zero-order chi connectivity index (χ0) is 24.0. The molecule has 1 aromatic heterocycles. The van der Waals surface area contributed by atoms with Crippen LogP contribution in [-0.4, -0.2) is 76.1 Å². The lowest BCUT2D eigenvalue weighted by Gasteiger charge is -2.56. The number of hydrogen-bond donors (Lipinski definition) is 3. The van der Waals surface area contributed by atoms with Crippen LogP contribution in [0.15, 0.2) is 24.3 Å². The number of nitrogens with one attached hydrogen (secondary N) is 3. The number of amides is 4. The van der Waals surface area contributed by atoms with Crippen molar-refractivity contribution in [2.45, 2.75) is 50.5 Å². The third-order valence-electron chi connectivity index (χ3n) is 8.63. The van der Waals surface area contributed by atoms with E-state index in [0.717, 1.165) is 47.9 Å². The summed E-state index contributed by atoms with van der Waals surface area (Å²) in [5.41, 5.74) is 1.24. The van der Waals surface area contributed by atoms with Crippen LogP contribution < -0.4 is 10.6 Å². The van der Waals surface area contributed by atoms with Gasteiger partial charge in [-0.25, -0.2) is 4.79 Å². The summed E-state index contributed by atoms with van der Waals surface area (Å²) in [6.45, 7) is 2.27. The summed E-state index contributed by atoms with van der Waals surface area (Å²) in [5.74, 6) is 2.23. The molecule has 5 aliphatic rings. The Morgan fingerprint density at radius 3 is 2.26 bits per heavy atom. The molecule has 9 nitrogen and oxygen atoms in total. The number of nitrogens with zero attached hydrogens (tertiary/aromatic N) is 3. The molecule has 0 atom stereocenters. The smallest absolute Gasteiger partial charge is 0.315 e. The number of benzene rings is 1. The Balaban J connectivity index is 0.946. The average molecular weight is 479 g/mol. The summed E-state index contributed by atoms with van der Waals surface area (Å²) in [6.07, 6.45) is 7.64. The quantitative estimate of drug-likeness (QED) is 0.613. The van der Waals surface area contributed by atoms with Crippen LogP contribution in [0.5, 0.6) is 0 Å². The van der Waals surface area contributed by atoms with Gasteiger partial charge in [-0.15, -0.1) is 0 Å². The van der Waals surface area contributed by atoms with E-state index in [9.17, 15) is 14.4 Å². The lowest BCUT2D eigenvalue weighted by atomic mass is 9.53. The fourth-order valence-corrected chi connectivity index (χ4v) is 7.43. The first kappa shape index (κ1) is 22.4. The molecule has 1 saturated heterocycles. The van der Waals surface area contributed by atoms with E-state index >= 15 is 0 Å². The average Bonchev–Trinajstić information content (AvgIpc) is 3.26. The molecule has 2 heterocycles. The standard InChI is InChI=1S/C26H34N6O3/c33-22(5-6-27-25(35)28-26-14-17-11-18(15-26)13-19(12-17)16-26)31-7-9-32(10-8-31)24(34)23-20-3-1-2-4-21(20)29-30-23/h1-4,17-19H,5-16H2,(H,29,30)(H2,27,28,35). The summed E-state index contributed by atoms with van der Waals surface area (Å²) in [4.78, 5) is 41.8. The predicted molar refractivity (Wildman–Crippen MR) is 131 cm³/mol. The van der Waals surface area contributed by atoms with Gasteiger partial charge in [-0.2, -0.15) is 5.10 Å². The second-order valence-electron chi connectivity index (χ2n) is 11.1. The van der Waals surface area contributed by atoms with Crippen LogP contribution in [0.1, 0.15) is 55.4 Å². The number of piperazine rings is 1. The third-order valence-corrected chi connectivity index (χ3v) is 8.63. The summed E-state index contributed by atoms with van der Waals surface area (Å²) < 4.78 is 0. The Kier molecular flexibility index (Phi) is 5.65. The highest BCUT2D eigenvalue weighted by Crippen LogP contribution is 2.55. The molecule has 0 radical (unpaired) electrons. The molecule has 2 aromatic rings. The molecule has 35 heavy (non-hydrogen) atoms. The van der Waals surface area contributed by atoms with Crippen molar-refractivity contribution >= 4 is 28.7 Å². The number of H-pyrrole nitrogens is 1. The van der Waals surface area contributed by atoms with Crippen molar-refractivity contribution in [2.24, 2.45) is 17.8 Å². The van der Waals surface area contributed by atoms with Crippen molar-refractivity contribution in [3.63, 3.8) is 0 Å². The summed E-state index contributed by atoms with van der Waals surface area (Å²) in [6, 6.07) is 7.44. The highest BCUT2D eigenvalue weighted by Gasteiger charge is 2.51. The molecule has 0 unspecified atom stereocenters. The van der Waals surface area contributed by atoms with Crippen molar-refractivity contribution in [1.29, 1.82) is 0 Å². The maximum atomic E-state index is 12.9. The fourth-order valence-electron chi connectivity index (χ4n) is 7.43. The van der Waals surface area contributed by atoms with E-state index in [1.165, 1.54) is 19.3 Å². The van der Waals surface area contributed by atoms with E-state index < -0.39 is 0 Å². The van der Waals surface area contributed by atoms with Crippen LogP contribution in [0, 0.1) is 17.8 Å². The SMILES string of the molecule is O=C(NCCC(=O)N1CCN(C(=O)c2n[nH]c3ccccc23)CC1)NC12CC3CC(CC(C3)C1)C2. The molecule has 4 saturated carbocycles. The minimum absolute atomic E-state index is 0.0115. The van der Waals surface area contributed by atoms with Crippen molar-refractivity contribution in [3.05, 3.63) is 30.0 Å². The molecule has 9 heteroatoms. The van der Waals surface area contributed by atoms with Gasteiger partial charge in [0, 0.05) is 50.1 Å². The van der Waals surface area contributed by atoms with E-state index in [2.05, 4.69) is 20.8 Å². The number of para-hydroxylation sites is 1. The number of rotatable bonds is 5. The Morgan fingerprint density at radius 1 is 0.943 bits per heavy atom. The molecule has 1 aromatic carbocycles. The first-order valence-electron chi connectivity index (χ1n) is 13.0. The number of aromatic nitrogens is 2. The van der Waals surface area contributed by atoms with Crippen molar-refractivity contribution in [2.75, 3.05) is 32.7 Å². The van der Waals surface area contributed by atoms with Gasteiger partial charge in [-0.1, -0.05) is 18.2 Å². The van der Waals surface area contributed by atoms with Crippen molar-refractivity contribution in [1.82, 2.24) is 30.6 Å². The number of hydrogen-bond acceptors (Lipinski definition) is 4. The van der Waals surface area contributed by atoms with Gasteiger partial charge in [0.25, 0.3) is 5.91 Å². The molecule has 5 fully saturated rings. The van der Waals surface area contributed by atoms with Gasteiger partial charge < -0.3 is 20.4 Å². The summed E-state index contributed by atoms with van der Waals surface area (Å²) >= 11 is 0. The van der Waals surface area contributed by atoms with Gasteiger partial charge >= 0.3 is 6.03 Å². The maximum absolute atomic E-state index is 12.9. The van der Waals surface area contributed by atoms with Gasteiger partial charge in [-0.05, 0) is 62.3 Å². The molecular weight excluding hydrogens is 444 g/mol. The molecule has 0 spiro atoms. The predicted octanol–water partition coefficient (Wildman–Crippen LogP) is 2.51. The first-order chi connectivity index (χ1) is 17.0. The van der Waals surface area contributed by atoms with Crippen LogP contribution in [0.3, 0.4) is 0 Å². The Morgan fingerprint density at radius 2 is 1.57 bits per heavy atom. The van der Waals surface area contributed by atoms with Crippen molar-refractivity contribution in [3.8, 4) is 0 Å². The monoisotopic (exact) mass is 478 g/mol. The Hall–Kier alpha value is -3.10. The molecule has 4 amide bonds. The first-order valence-corrected chi connectivity index (χ1v) is 13.0. The van der Waals surface area contributed by atoms with E-state index in [-0.39, 0.29) is 29.8 Å². The largest absolute Gasteiger partial charge is 0.339 e. The lowest BCUT2D eigenvalue weighted by Crippen LogP contribution is -2.61. The van der Waals surface area contributed by atoms with Gasteiger partial charge in [0.1, 0.15) is 0 Å². The molecule has 3 N–H and O–H groups in total. The van der Waals surface area contributed by atoms with Crippen LogP contribution in [0.25, 0.3) is 10.9 Å². The van der Waals surface area contributed by atoms with Gasteiger partial charge in [-0.3, -0.25) is 14.7 Å². The van der Waals surface area contributed by atoms with Crippen LogP contribution in [-0.2, 0) is 4.79 Å². The highest BCUT2D eigenvalue weighted by molar-refractivity contribution is 6.04. The van der Waals surface area contributed by atoms with Gasteiger partial charge in [0.2, 0.25) is 5.91 Å². The fraction of sp³-hybridized carbons (Fsp3) is 0.615. The highest BCUT2D eigenvalue weighted by atomic mass is 16.2. The van der Waals surface area contributed by atoms with E-state index in [4.69, 9.17) is 0 Å². The molecule has 186 valence electrons. The van der Waals surface area contributed by atoms with Crippen LogP contribution in [0.2, 0.25) is 0 Å². The minimum Gasteiger partial charge on any atom is -0.339 e. The molecule has 4 bridgehead atoms. The summed E-state index contributed by atoms with van der Waals surface area (Å²) in [7, 11) is 0. The maximum Gasteiger partial charge on any atom is 0.315 e. The number of urea groups is 1. The topological polar surface area (TPSA) is 110 Å².